The molecule has 1 N–H and O–H groups in total. The van der Waals surface area contributed by atoms with Crippen molar-refractivity contribution in [2.45, 2.75) is 26.7 Å². The molecule has 3 aromatic rings. The van der Waals surface area contributed by atoms with Gasteiger partial charge in [0.05, 0.1) is 16.3 Å². The standard InChI is InChI=1S/C24H27N5O3/c1-17-8-9-19(14-18(17)2)22-16-23(24(30)25-10-13-27-11-3-4-12-27)28(26-22)20-6-5-7-21(15-20)29(31)32/h5-9,14-16H,3-4,10-13H2,1-2H3,(H,25,30). The quantitative estimate of drug-likeness (QED) is 0.451. The van der Waals surface area contributed by atoms with Crippen molar-refractivity contribution < 1.29 is 9.72 Å². The second-order valence-electron chi connectivity index (χ2n) is 8.21. The van der Waals surface area contributed by atoms with Crippen LogP contribution in [0.5, 0.6) is 0 Å². The number of non-ortho nitro benzene ring substituents is 1. The normalized spacial score (nSPS) is 13.9. The van der Waals surface area contributed by atoms with Crippen LogP contribution >= 0.6 is 0 Å². The van der Waals surface area contributed by atoms with Crippen LogP contribution in [0.3, 0.4) is 0 Å². The van der Waals surface area contributed by atoms with E-state index in [1.165, 1.54) is 35.2 Å². The van der Waals surface area contributed by atoms with Gasteiger partial charge in [0.15, 0.2) is 0 Å². The fourth-order valence-corrected chi connectivity index (χ4v) is 3.94. The van der Waals surface area contributed by atoms with Crippen molar-refractivity contribution >= 4 is 11.6 Å². The number of aromatic nitrogens is 2. The number of nitrogens with one attached hydrogen (secondary N) is 1. The molecule has 2 aromatic carbocycles. The molecule has 8 nitrogen and oxygen atoms in total. The first-order valence-electron chi connectivity index (χ1n) is 10.9. The minimum Gasteiger partial charge on any atom is -0.349 e. The summed E-state index contributed by atoms with van der Waals surface area (Å²) in [6.45, 7) is 7.55. The van der Waals surface area contributed by atoms with Gasteiger partial charge in [0.2, 0.25) is 0 Å². The summed E-state index contributed by atoms with van der Waals surface area (Å²) in [5, 5.41) is 18.9. The first-order chi connectivity index (χ1) is 15.4. The van der Waals surface area contributed by atoms with E-state index in [1.807, 2.05) is 32.0 Å². The maximum Gasteiger partial charge on any atom is 0.271 e. The van der Waals surface area contributed by atoms with Gasteiger partial charge in [0.25, 0.3) is 11.6 Å². The van der Waals surface area contributed by atoms with Crippen molar-refractivity contribution in [2.75, 3.05) is 26.2 Å². The van der Waals surface area contributed by atoms with Gasteiger partial charge in [0.1, 0.15) is 5.69 Å². The Morgan fingerprint density at radius 1 is 1.09 bits per heavy atom. The number of hydrogen-bond acceptors (Lipinski definition) is 5. The summed E-state index contributed by atoms with van der Waals surface area (Å²) < 4.78 is 1.49. The third-order valence-electron chi connectivity index (χ3n) is 5.94. The summed E-state index contributed by atoms with van der Waals surface area (Å²) in [4.78, 5) is 26.2. The summed E-state index contributed by atoms with van der Waals surface area (Å²) in [5.41, 5.74) is 4.61. The van der Waals surface area contributed by atoms with Gasteiger partial charge in [-0.2, -0.15) is 5.10 Å². The van der Waals surface area contributed by atoms with E-state index < -0.39 is 4.92 Å². The molecule has 1 aliphatic rings. The zero-order chi connectivity index (χ0) is 22.7. The lowest BCUT2D eigenvalue weighted by Gasteiger charge is -2.15. The van der Waals surface area contributed by atoms with Crippen molar-refractivity contribution in [3.63, 3.8) is 0 Å². The molecule has 32 heavy (non-hydrogen) atoms. The number of carbonyl (C=O) groups is 1. The van der Waals surface area contributed by atoms with E-state index in [1.54, 1.807) is 18.2 Å². The average Bonchev–Trinajstić information content (AvgIpc) is 3.46. The highest BCUT2D eigenvalue weighted by atomic mass is 16.6. The van der Waals surface area contributed by atoms with Gasteiger partial charge in [-0.05, 0) is 69.1 Å². The third-order valence-corrected chi connectivity index (χ3v) is 5.94. The molecular weight excluding hydrogens is 406 g/mol. The van der Waals surface area contributed by atoms with Crippen LogP contribution in [0.4, 0.5) is 5.69 Å². The van der Waals surface area contributed by atoms with Gasteiger partial charge in [-0.15, -0.1) is 0 Å². The van der Waals surface area contributed by atoms with E-state index in [-0.39, 0.29) is 11.6 Å². The van der Waals surface area contributed by atoms with Crippen LogP contribution in [0.1, 0.15) is 34.5 Å². The number of likely N-dealkylation sites (tertiary alicyclic amines) is 1. The van der Waals surface area contributed by atoms with Crippen LogP contribution < -0.4 is 5.32 Å². The molecule has 0 saturated carbocycles. The van der Waals surface area contributed by atoms with Gasteiger partial charge < -0.3 is 10.2 Å². The fourth-order valence-electron chi connectivity index (χ4n) is 3.94. The molecule has 1 amide bonds. The minimum absolute atomic E-state index is 0.0499. The van der Waals surface area contributed by atoms with E-state index in [0.717, 1.165) is 30.8 Å². The number of rotatable bonds is 7. The van der Waals surface area contributed by atoms with Crippen LogP contribution in [0.15, 0.2) is 48.5 Å². The number of nitro benzene ring substituents is 1. The molecule has 1 saturated heterocycles. The first kappa shape index (κ1) is 21.7. The monoisotopic (exact) mass is 433 g/mol. The zero-order valence-electron chi connectivity index (χ0n) is 18.4. The molecule has 0 aliphatic carbocycles. The molecular formula is C24H27N5O3. The predicted molar refractivity (Wildman–Crippen MR) is 123 cm³/mol. The SMILES string of the molecule is Cc1ccc(-c2cc(C(=O)NCCN3CCCC3)n(-c3cccc([N+](=O)[O-])c3)n2)cc1C. The Labute approximate surface area is 187 Å². The molecule has 2 heterocycles. The van der Waals surface area contributed by atoms with Gasteiger partial charge in [-0.25, -0.2) is 4.68 Å². The maximum absolute atomic E-state index is 13.1. The summed E-state index contributed by atoms with van der Waals surface area (Å²) in [7, 11) is 0. The topological polar surface area (TPSA) is 93.3 Å². The van der Waals surface area contributed by atoms with Crippen LogP contribution in [-0.4, -0.2) is 51.7 Å². The molecule has 0 unspecified atom stereocenters. The van der Waals surface area contributed by atoms with Crippen LogP contribution in [0.25, 0.3) is 16.9 Å². The maximum atomic E-state index is 13.1. The van der Waals surface area contributed by atoms with E-state index in [4.69, 9.17) is 0 Å². The molecule has 4 rings (SSSR count). The van der Waals surface area contributed by atoms with Crippen LogP contribution in [0, 0.1) is 24.0 Å². The highest BCUT2D eigenvalue weighted by molar-refractivity contribution is 5.94. The van der Waals surface area contributed by atoms with E-state index >= 15 is 0 Å². The molecule has 1 fully saturated rings. The first-order valence-corrected chi connectivity index (χ1v) is 10.9. The lowest BCUT2D eigenvalue weighted by molar-refractivity contribution is -0.384. The molecule has 1 aliphatic heterocycles. The van der Waals surface area contributed by atoms with Crippen molar-refractivity contribution in [1.29, 1.82) is 0 Å². The summed E-state index contributed by atoms with van der Waals surface area (Å²) in [6, 6.07) is 13.9. The van der Waals surface area contributed by atoms with Gasteiger partial charge in [-0.3, -0.25) is 14.9 Å². The number of aryl methyl sites for hydroxylation is 2. The summed E-state index contributed by atoms with van der Waals surface area (Å²) >= 11 is 0. The molecule has 1 aromatic heterocycles. The Balaban J connectivity index is 1.66. The van der Waals surface area contributed by atoms with E-state index in [0.29, 0.717) is 23.6 Å². The zero-order valence-corrected chi connectivity index (χ0v) is 18.4. The third kappa shape index (κ3) is 4.70. The number of carbonyl (C=O) groups excluding carboxylic acids is 1. The van der Waals surface area contributed by atoms with Gasteiger partial charge in [0, 0.05) is 30.8 Å². The predicted octanol–water partition coefficient (Wildman–Crippen LogP) is 3.89. The molecule has 0 bridgehead atoms. The van der Waals surface area contributed by atoms with Crippen molar-refractivity contribution in [1.82, 2.24) is 20.0 Å². The highest BCUT2D eigenvalue weighted by Gasteiger charge is 2.20. The summed E-state index contributed by atoms with van der Waals surface area (Å²) in [6.07, 6.45) is 2.40. The van der Waals surface area contributed by atoms with E-state index in [2.05, 4.69) is 15.3 Å². The lowest BCUT2D eigenvalue weighted by Crippen LogP contribution is -2.34. The summed E-state index contributed by atoms with van der Waals surface area (Å²) in [5.74, 6) is -0.252. The van der Waals surface area contributed by atoms with Crippen LogP contribution in [-0.2, 0) is 0 Å². The van der Waals surface area contributed by atoms with Crippen molar-refractivity contribution in [3.8, 4) is 16.9 Å². The number of amides is 1. The highest BCUT2D eigenvalue weighted by Crippen LogP contribution is 2.25. The van der Waals surface area contributed by atoms with Crippen molar-refractivity contribution in [2.24, 2.45) is 0 Å². The number of nitro groups is 1. The molecule has 8 heteroatoms. The Bertz CT molecular complexity index is 1150. The van der Waals surface area contributed by atoms with Crippen molar-refractivity contribution in [3.05, 3.63) is 75.5 Å². The number of benzene rings is 2. The largest absolute Gasteiger partial charge is 0.349 e. The Morgan fingerprint density at radius 2 is 1.88 bits per heavy atom. The Morgan fingerprint density at radius 3 is 2.59 bits per heavy atom. The van der Waals surface area contributed by atoms with E-state index in [9.17, 15) is 14.9 Å². The Kier molecular flexibility index (Phi) is 6.32. The second-order valence-corrected chi connectivity index (χ2v) is 8.21. The molecule has 0 atom stereocenters. The fraction of sp³-hybridized carbons (Fsp3) is 0.333. The molecule has 166 valence electrons. The minimum atomic E-state index is -0.451. The number of hydrogen-bond donors (Lipinski definition) is 1. The van der Waals surface area contributed by atoms with Gasteiger partial charge >= 0.3 is 0 Å². The molecule has 0 spiro atoms. The smallest absolute Gasteiger partial charge is 0.271 e. The lowest BCUT2D eigenvalue weighted by atomic mass is 10.0. The average molecular weight is 434 g/mol. The van der Waals surface area contributed by atoms with Crippen LogP contribution in [0.2, 0.25) is 0 Å². The van der Waals surface area contributed by atoms with Gasteiger partial charge in [-0.1, -0.05) is 18.2 Å². The number of nitrogens with zero attached hydrogens (tertiary/aromatic N) is 4. The Hall–Kier alpha value is -3.52. The second kappa shape index (κ2) is 9.32. The molecule has 0 radical (unpaired) electrons.